The van der Waals surface area contributed by atoms with Crippen molar-refractivity contribution in [3.8, 4) is 0 Å². The topological polar surface area (TPSA) is 76.1 Å². The summed E-state index contributed by atoms with van der Waals surface area (Å²) < 4.78 is 10.8. The number of aliphatic hydroxyl groups excluding tert-OH is 1. The highest BCUT2D eigenvalue weighted by atomic mass is 16.6. The van der Waals surface area contributed by atoms with Crippen LogP contribution in [0.5, 0.6) is 0 Å². The van der Waals surface area contributed by atoms with Gasteiger partial charge in [-0.05, 0) is 43.0 Å². The second kappa shape index (κ2) is 8.78. The second-order valence-corrected chi connectivity index (χ2v) is 8.01. The molecule has 0 spiro atoms. The first-order valence-electron chi connectivity index (χ1n) is 9.92. The summed E-state index contributed by atoms with van der Waals surface area (Å²) in [5.41, 5.74) is 0.801. The molecule has 1 N–H and O–H groups in total. The van der Waals surface area contributed by atoms with Crippen molar-refractivity contribution < 1.29 is 24.2 Å². The van der Waals surface area contributed by atoms with Crippen LogP contribution in [0.1, 0.15) is 48.9 Å². The van der Waals surface area contributed by atoms with Crippen molar-refractivity contribution in [2.24, 2.45) is 5.92 Å². The van der Waals surface area contributed by atoms with E-state index < -0.39 is 17.5 Å². The van der Waals surface area contributed by atoms with E-state index in [9.17, 15) is 14.7 Å². The zero-order valence-corrected chi connectivity index (χ0v) is 16.6. The lowest BCUT2D eigenvalue weighted by Crippen LogP contribution is -2.39. The number of aliphatic hydroxyl groups is 1. The smallest absolute Gasteiger partial charge is 0.338 e. The molecule has 1 atom stereocenters. The number of carbonyl (C=O) groups excluding carboxylic acids is 2. The average molecular weight is 387 g/mol. The quantitative estimate of drug-likeness (QED) is 0.597. The third kappa shape index (κ3) is 4.73. The summed E-state index contributed by atoms with van der Waals surface area (Å²) in [6.45, 7) is -0.543. The predicted octanol–water partition coefficient (Wildman–Crippen LogP) is 3.09. The van der Waals surface area contributed by atoms with E-state index in [1.165, 1.54) is 19.3 Å². The minimum Gasteiger partial charge on any atom is -0.458 e. The highest BCUT2D eigenvalue weighted by Crippen LogP contribution is 2.34. The maximum absolute atomic E-state index is 12.3. The van der Waals surface area contributed by atoms with E-state index in [1.54, 1.807) is 12.1 Å². The van der Waals surface area contributed by atoms with Crippen LogP contribution in [-0.4, -0.2) is 50.0 Å². The Morgan fingerprint density at radius 3 is 2.54 bits per heavy atom. The van der Waals surface area contributed by atoms with Crippen LogP contribution in [0.3, 0.4) is 0 Å². The van der Waals surface area contributed by atoms with Crippen molar-refractivity contribution in [1.82, 2.24) is 0 Å². The van der Waals surface area contributed by atoms with E-state index in [0.29, 0.717) is 17.1 Å². The van der Waals surface area contributed by atoms with Crippen LogP contribution >= 0.6 is 0 Å². The summed E-state index contributed by atoms with van der Waals surface area (Å²) in [4.78, 5) is 26.6. The Balaban J connectivity index is 1.62. The monoisotopic (exact) mass is 387 g/mol. The maximum atomic E-state index is 12.3. The van der Waals surface area contributed by atoms with E-state index in [4.69, 9.17) is 9.47 Å². The Hall–Kier alpha value is -2.34. The first kappa shape index (κ1) is 20.4. The molecule has 1 saturated carbocycles. The van der Waals surface area contributed by atoms with E-state index in [1.807, 2.05) is 37.2 Å². The summed E-state index contributed by atoms with van der Waals surface area (Å²) in [5, 5.41) is 9.84. The summed E-state index contributed by atoms with van der Waals surface area (Å²) in [6, 6.07) is 7.05. The largest absolute Gasteiger partial charge is 0.458 e. The number of cyclic esters (lactones) is 1. The molecule has 6 heteroatoms. The predicted molar refractivity (Wildman–Crippen MR) is 106 cm³/mol. The fraction of sp³-hybridized carbons (Fsp3) is 0.545. The van der Waals surface area contributed by atoms with Gasteiger partial charge in [0.05, 0.1) is 12.2 Å². The Bertz CT molecular complexity index is 734. The van der Waals surface area contributed by atoms with Crippen LogP contribution < -0.4 is 4.90 Å². The number of anilines is 1. The van der Waals surface area contributed by atoms with Gasteiger partial charge in [-0.15, -0.1) is 0 Å². The van der Waals surface area contributed by atoms with Crippen molar-refractivity contribution >= 4 is 17.6 Å². The number of esters is 2. The highest BCUT2D eigenvalue weighted by Gasteiger charge is 2.44. The molecule has 1 aromatic carbocycles. The summed E-state index contributed by atoms with van der Waals surface area (Å²) in [6.07, 6.45) is 8.04. The van der Waals surface area contributed by atoms with Gasteiger partial charge in [-0.3, -0.25) is 0 Å². The standard InChI is InChI=1S/C22H29NO5/c1-23(2)19-10-8-17(9-11-19)20(25)27-15-22(14-24)13-18(21(26)28-22)12-16-6-4-3-5-7-16/h8-12,16,24H,3-7,13-15H2,1-2H3/b18-12-. The fourth-order valence-electron chi connectivity index (χ4n) is 3.82. The van der Waals surface area contributed by atoms with Crippen LogP contribution in [0.4, 0.5) is 5.69 Å². The van der Waals surface area contributed by atoms with E-state index in [2.05, 4.69) is 0 Å². The van der Waals surface area contributed by atoms with Gasteiger partial charge in [0.15, 0.2) is 5.60 Å². The SMILES string of the molecule is CN(C)c1ccc(C(=O)OCC2(CO)C/C(=C/C3CCCCC3)C(=O)O2)cc1. The number of nitrogens with zero attached hydrogens (tertiary/aromatic N) is 1. The summed E-state index contributed by atoms with van der Waals surface area (Å²) >= 11 is 0. The molecule has 152 valence electrons. The summed E-state index contributed by atoms with van der Waals surface area (Å²) in [7, 11) is 3.84. The number of carbonyl (C=O) groups is 2. The van der Waals surface area contributed by atoms with Crippen molar-refractivity contribution in [3.63, 3.8) is 0 Å². The van der Waals surface area contributed by atoms with Gasteiger partial charge in [0, 0.05) is 31.8 Å². The summed E-state index contributed by atoms with van der Waals surface area (Å²) in [5.74, 6) is -0.520. The molecule has 1 unspecified atom stereocenters. The van der Waals surface area contributed by atoms with E-state index in [0.717, 1.165) is 18.5 Å². The maximum Gasteiger partial charge on any atom is 0.338 e. The molecular formula is C22H29NO5. The number of allylic oxidation sites excluding steroid dienone is 1. The van der Waals surface area contributed by atoms with Crippen LogP contribution in [-0.2, 0) is 14.3 Å². The van der Waals surface area contributed by atoms with Crippen molar-refractivity contribution in [1.29, 1.82) is 0 Å². The van der Waals surface area contributed by atoms with Crippen LogP contribution in [0, 0.1) is 5.92 Å². The minimum atomic E-state index is -1.18. The second-order valence-electron chi connectivity index (χ2n) is 8.01. The number of ether oxygens (including phenoxy) is 2. The third-order valence-electron chi connectivity index (χ3n) is 5.54. The molecule has 1 heterocycles. The minimum absolute atomic E-state index is 0.161. The Kier molecular flexibility index (Phi) is 6.39. The highest BCUT2D eigenvalue weighted by molar-refractivity contribution is 5.92. The number of benzene rings is 1. The molecule has 1 aliphatic carbocycles. The molecule has 6 nitrogen and oxygen atoms in total. The van der Waals surface area contributed by atoms with Crippen LogP contribution in [0.2, 0.25) is 0 Å². The molecule has 1 aromatic rings. The average Bonchev–Trinajstić information content (AvgIpc) is 3.03. The molecule has 0 aromatic heterocycles. The molecule has 1 aliphatic heterocycles. The Morgan fingerprint density at radius 1 is 1.25 bits per heavy atom. The lowest BCUT2D eigenvalue weighted by Gasteiger charge is -2.24. The third-order valence-corrected chi connectivity index (χ3v) is 5.54. The number of hydrogen-bond acceptors (Lipinski definition) is 6. The number of rotatable bonds is 6. The molecule has 0 bridgehead atoms. The molecule has 28 heavy (non-hydrogen) atoms. The first-order chi connectivity index (χ1) is 13.4. The molecule has 2 aliphatic rings. The fourth-order valence-corrected chi connectivity index (χ4v) is 3.82. The van der Waals surface area contributed by atoms with Gasteiger partial charge in [0.25, 0.3) is 0 Å². The molecule has 1 saturated heterocycles. The van der Waals surface area contributed by atoms with Gasteiger partial charge in [-0.25, -0.2) is 9.59 Å². The zero-order valence-electron chi connectivity index (χ0n) is 16.6. The first-order valence-corrected chi connectivity index (χ1v) is 9.92. The van der Waals surface area contributed by atoms with E-state index in [-0.39, 0.29) is 19.6 Å². The molecule has 2 fully saturated rings. The van der Waals surface area contributed by atoms with Gasteiger partial charge in [0.1, 0.15) is 6.61 Å². The number of hydrogen-bond donors (Lipinski definition) is 1. The molecule has 3 rings (SSSR count). The van der Waals surface area contributed by atoms with Crippen molar-refractivity contribution in [2.45, 2.75) is 44.1 Å². The van der Waals surface area contributed by atoms with Gasteiger partial charge in [-0.2, -0.15) is 0 Å². The molecule has 0 amide bonds. The van der Waals surface area contributed by atoms with Gasteiger partial charge in [-0.1, -0.05) is 25.3 Å². The lowest BCUT2D eigenvalue weighted by atomic mass is 9.86. The van der Waals surface area contributed by atoms with Gasteiger partial charge < -0.3 is 19.5 Å². The van der Waals surface area contributed by atoms with Crippen LogP contribution in [0.15, 0.2) is 35.9 Å². The van der Waals surface area contributed by atoms with Crippen molar-refractivity contribution in [2.75, 3.05) is 32.2 Å². The Morgan fingerprint density at radius 2 is 1.93 bits per heavy atom. The molecular weight excluding hydrogens is 358 g/mol. The van der Waals surface area contributed by atoms with Gasteiger partial charge >= 0.3 is 11.9 Å². The Labute approximate surface area is 166 Å². The van der Waals surface area contributed by atoms with E-state index >= 15 is 0 Å². The van der Waals surface area contributed by atoms with Crippen molar-refractivity contribution in [3.05, 3.63) is 41.5 Å². The van der Waals surface area contributed by atoms with Crippen LogP contribution in [0.25, 0.3) is 0 Å². The molecule has 0 radical (unpaired) electrons. The van der Waals surface area contributed by atoms with Gasteiger partial charge in [0.2, 0.25) is 0 Å². The lowest BCUT2D eigenvalue weighted by molar-refractivity contribution is -0.154. The normalized spacial score (nSPS) is 24.2. The zero-order chi connectivity index (χ0) is 20.1.